The van der Waals surface area contributed by atoms with Crippen molar-refractivity contribution < 1.29 is 9.13 Å². The quantitative estimate of drug-likeness (QED) is 0.380. The second-order valence-electron chi connectivity index (χ2n) is 6.77. The van der Waals surface area contributed by atoms with Gasteiger partial charge in [-0.3, -0.25) is 9.55 Å². The highest BCUT2D eigenvalue weighted by molar-refractivity contribution is 6.76. The molecule has 7 heteroatoms. The van der Waals surface area contributed by atoms with Gasteiger partial charge in [-0.05, 0) is 18.2 Å². The molecule has 0 fully saturated rings. The molecular weight excluding hydrogens is 333 g/mol. The van der Waals surface area contributed by atoms with Gasteiger partial charge in [-0.1, -0.05) is 31.2 Å². The Morgan fingerprint density at radius 1 is 1.35 bits per heavy atom. The van der Waals surface area contributed by atoms with Crippen LogP contribution in [0.15, 0.2) is 24.4 Å². The summed E-state index contributed by atoms with van der Waals surface area (Å²) >= 11 is 5.92. The highest BCUT2D eigenvalue weighted by Gasteiger charge is 2.18. The van der Waals surface area contributed by atoms with E-state index in [4.69, 9.17) is 16.3 Å². The first-order valence-electron chi connectivity index (χ1n) is 7.53. The van der Waals surface area contributed by atoms with Crippen molar-refractivity contribution in [3.05, 3.63) is 35.4 Å². The van der Waals surface area contributed by atoms with E-state index in [1.165, 1.54) is 6.07 Å². The third-order valence-corrected chi connectivity index (χ3v) is 5.61. The van der Waals surface area contributed by atoms with Crippen molar-refractivity contribution in [1.29, 1.82) is 0 Å². The van der Waals surface area contributed by atoms with Gasteiger partial charge in [0.25, 0.3) is 0 Å². The minimum absolute atomic E-state index is 0.126. The molecule has 0 aliphatic rings. The van der Waals surface area contributed by atoms with Crippen LogP contribution in [0, 0.1) is 5.82 Å². The van der Waals surface area contributed by atoms with Crippen LogP contribution in [0.4, 0.5) is 4.39 Å². The highest BCUT2D eigenvalue weighted by Crippen LogP contribution is 2.29. The van der Waals surface area contributed by atoms with E-state index in [0.29, 0.717) is 29.9 Å². The maximum atomic E-state index is 14.3. The SMILES string of the molecule is C[Si](C)(C)CCOCn1c2cccnc2c2c(F)cc(Cl)nc21. The third kappa shape index (κ3) is 3.39. The molecule has 0 aliphatic carbocycles. The average Bonchev–Trinajstić information content (AvgIpc) is 2.76. The molecule has 3 aromatic heterocycles. The lowest BCUT2D eigenvalue weighted by atomic mass is 10.3. The summed E-state index contributed by atoms with van der Waals surface area (Å²) in [5.74, 6) is -0.412. The van der Waals surface area contributed by atoms with E-state index in [1.54, 1.807) is 6.20 Å². The van der Waals surface area contributed by atoms with Crippen LogP contribution in [-0.4, -0.2) is 29.2 Å². The molecule has 3 heterocycles. The number of halogens is 2. The molecule has 3 aromatic rings. The largest absolute Gasteiger partial charge is 0.361 e. The number of ether oxygens (including phenoxy) is 1. The Labute approximate surface area is 140 Å². The molecule has 0 N–H and O–H groups in total. The van der Waals surface area contributed by atoms with Gasteiger partial charge in [0.1, 0.15) is 28.9 Å². The molecule has 0 bridgehead atoms. The van der Waals surface area contributed by atoms with Gasteiger partial charge in [-0.2, -0.15) is 0 Å². The first-order valence-corrected chi connectivity index (χ1v) is 11.6. The average molecular weight is 352 g/mol. The number of pyridine rings is 2. The minimum Gasteiger partial charge on any atom is -0.361 e. The summed E-state index contributed by atoms with van der Waals surface area (Å²) in [5.41, 5.74) is 1.85. The van der Waals surface area contributed by atoms with Crippen LogP contribution in [0.5, 0.6) is 0 Å². The lowest BCUT2D eigenvalue weighted by molar-refractivity contribution is 0.0925. The molecule has 0 amide bonds. The van der Waals surface area contributed by atoms with Crippen LogP contribution < -0.4 is 0 Å². The molecule has 4 nitrogen and oxygen atoms in total. The van der Waals surface area contributed by atoms with E-state index < -0.39 is 13.9 Å². The van der Waals surface area contributed by atoms with Crippen molar-refractivity contribution >= 4 is 41.7 Å². The molecule has 0 unspecified atom stereocenters. The molecular formula is C16H19ClFN3OSi. The summed E-state index contributed by atoms with van der Waals surface area (Å²) < 4.78 is 22.0. The summed E-state index contributed by atoms with van der Waals surface area (Å²) in [7, 11) is -1.15. The van der Waals surface area contributed by atoms with Gasteiger partial charge in [0.05, 0.1) is 10.9 Å². The Bertz CT molecular complexity index is 860. The van der Waals surface area contributed by atoms with E-state index in [-0.39, 0.29) is 5.15 Å². The molecule has 0 saturated heterocycles. The zero-order valence-electron chi connectivity index (χ0n) is 13.4. The summed E-state index contributed by atoms with van der Waals surface area (Å²) in [5, 5.41) is 0.514. The topological polar surface area (TPSA) is 39.9 Å². The van der Waals surface area contributed by atoms with Crippen molar-refractivity contribution in [1.82, 2.24) is 14.5 Å². The fourth-order valence-electron chi connectivity index (χ4n) is 2.47. The summed E-state index contributed by atoms with van der Waals surface area (Å²) in [6.07, 6.45) is 1.65. The predicted molar refractivity (Wildman–Crippen MR) is 94.1 cm³/mol. The van der Waals surface area contributed by atoms with Crippen LogP contribution in [0.25, 0.3) is 22.1 Å². The Kier molecular flexibility index (Phi) is 4.40. The predicted octanol–water partition coefficient (Wildman–Crippen LogP) is 4.69. The molecule has 0 atom stereocenters. The van der Waals surface area contributed by atoms with Gasteiger partial charge in [0.15, 0.2) is 0 Å². The first kappa shape index (κ1) is 16.4. The molecule has 0 saturated carbocycles. The van der Waals surface area contributed by atoms with Gasteiger partial charge in [-0.15, -0.1) is 0 Å². The second-order valence-corrected chi connectivity index (χ2v) is 12.8. The van der Waals surface area contributed by atoms with Crippen molar-refractivity contribution in [3.8, 4) is 0 Å². The fraction of sp³-hybridized carbons (Fsp3) is 0.375. The van der Waals surface area contributed by atoms with Gasteiger partial charge < -0.3 is 4.74 Å². The van der Waals surface area contributed by atoms with Gasteiger partial charge >= 0.3 is 0 Å². The van der Waals surface area contributed by atoms with Crippen molar-refractivity contribution in [2.24, 2.45) is 0 Å². The fourth-order valence-corrected chi connectivity index (χ4v) is 3.41. The van der Waals surface area contributed by atoms with Crippen LogP contribution in [-0.2, 0) is 11.5 Å². The summed E-state index contributed by atoms with van der Waals surface area (Å²) in [6, 6.07) is 6.00. The maximum Gasteiger partial charge on any atom is 0.149 e. The number of hydrogen-bond donors (Lipinski definition) is 0. The lowest BCUT2D eigenvalue weighted by Gasteiger charge is -2.16. The first-order chi connectivity index (χ1) is 10.9. The summed E-state index contributed by atoms with van der Waals surface area (Å²) in [4.78, 5) is 8.57. The van der Waals surface area contributed by atoms with Crippen molar-refractivity contribution in [2.75, 3.05) is 6.61 Å². The summed E-state index contributed by atoms with van der Waals surface area (Å²) in [6.45, 7) is 7.90. The molecule has 0 aliphatic heterocycles. The number of hydrogen-bond acceptors (Lipinski definition) is 3. The van der Waals surface area contributed by atoms with E-state index in [9.17, 15) is 4.39 Å². The third-order valence-electron chi connectivity index (χ3n) is 3.71. The van der Waals surface area contributed by atoms with Crippen LogP contribution in [0.1, 0.15) is 0 Å². The number of aromatic nitrogens is 3. The Morgan fingerprint density at radius 2 is 2.13 bits per heavy atom. The zero-order valence-corrected chi connectivity index (χ0v) is 15.2. The van der Waals surface area contributed by atoms with Gasteiger partial charge in [0, 0.05) is 26.9 Å². The van der Waals surface area contributed by atoms with E-state index >= 15 is 0 Å². The maximum absolute atomic E-state index is 14.3. The minimum atomic E-state index is -1.15. The lowest BCUT2D eigenvalue weighted by Crippen LogP contribution is -2.22. The van der Waals surface area contributed by atoms with Crippen LogP contribution in [0.3, 0.4) is 0 Å². The van der Waals surface area contributed by atoms with Gasteiger partial charge in [0.2, 0.25) is 0 Å². The van der Waals surface area contributed by atoms with Gasteiger partial charge in [-0.25, -0.2) is 9.37 Å². The zero-order chi connectivity index (χ0) is 16.6. The van der Waals surface area contributed by atoms with Crippen molar-refractivity contribution in [2.45, 2.75) is 32.4 Å². The number of fused-ring (bicyclic) bond motifs is 3. The molecule has 0 radical (unpaired) electrons. The van der Waals surface area contributed by atoms with E-state index in [0.717, 1.165) is 11.6 Å². The second kappa shape index (κ2) is 6.18. The Morgan fingerprint density at radius 3 is 2.87 bits per heavy atom. The molecule has 122 valence electrons. The molecule has 0 aromatic carbocycles. The molecule has 23 heavy (non-hydrogen) atoms. The Balaban J connectivity index is 2.00. The highest BCUT2D eigenvalue weighted by atomic mass is 35.5. The molecule has 0 spiro atoms. The number of nitrogens with zero attached hydrogens (tertiary/aromatic N) is 3. The van der Waals surface area contributed by atoms with Crippen LogP contribution >= 0.6 is 11.6 Å². The standard InChI is InChI=1S/C16H19ClFN3OSi/c1-23(2,3)8-7-22-10-21-12-5-4-6-19-15(12)14-11(18)9-13(17)20-16(14)21/h4-6,9H,7-8,10H2,1-3H3. The molecule has 3 rings (SSSR count). The van der Waals surface area contributed by atoms with Crippen molar-refractivity contribution in [3.63, 3.8) is 0 Å². The van der Waals surface area contributed by atoms with E-state index in [1.807, 2.05) is 16.7 Å². The normalized spacial score (nSPS) is 12.4. The monoisotopic (exact) mass is 351 g/mol. The van der Waals surface area contributed by atoms with E-state index in [2.05, 4.69) is 29.6 Å². The number of rotatable bonds is 5. The Hall–Kier alpha value is -1.50. The smallest absolute Gasteiger partial charge is 0.149 e. The van der Waals surface area contributed by atoms with Crippen LogP contribution in [0.2, 0.25) is 30.8 Å².